The lowest BCUT2D eigenvalue weighted by atomic mass is 9.85. The largest absolute Gasteiger partial charge is 0.352 e. The molecule has 1 aliphatic carbocycles. The fourth-order valence-electron chi connectivity index (χ4n) is 3.55. The first-order valence-corrected chi connectivity index (χ1v) is 8.56. The van der Waals surface area contributed by atoms with Crippen LogP contribution in [0.3, 0.4) is 0 Å². The molecule has 2 aliphatic rings. The van der Waals surface area contributed by atoms with Gasteiger partial charge in [0.2, 0.25) is 11.8 Å². The molecule has 1 aromatic carbocycles. The maximum absolute atomic E-state index is 12.3. The molecule has 3 rings (SSSR count). The Hall–Kier alpha value is -1.88. The highest BCUT2D eigenvalue weighted by Gasteiger charge is 2.25. The molecular formula is C18H25N3O2. The van der Waals surface area contributed by atoms with Crippen LogP contribution in [-0.2, 0) is 16.1 Å². The van der Waals surface area contributed by atoms with Crippen LogP contribution in [0.1, 0.15) is 44.1 Å². The number of rotatable bonds is 4. The van der Waals surface area contributed by atoms with Crippen LogP contribution in [0.25, 0.3) is 0 Å². The lowest BCUT2D eigenvalue weighted by Crippen LogP contribution is -2.37. The Labute approximate surface area is 137 Å². The molecule has 1 saturated heterocycles. The first-order valence-electron chi connectivity index (χ1n) is 8.56. The van der Waals surface area contributed by atoms with E-state index >= 15 is 0 Å². The molecule has 1 heterocycles. The molecule has 2 atom stereocenters. The predicted octanol–water partition coefficient (Wildman–Crippen LogP) is 1.95. The Morgan fingerprint density at radius 1 is 1.30 bits per heavy atom. The van der Waals surface area contributed by atoms with Gasteiger partial charge in [-0.2, -0.15) is 0 Å². The second-order valence-corrected chi connectivity index (χ2v) is 6.66. The van der Waals surface area contributed by atoms with Crippen LogP contribution in [0.2, 0.25) is 0 Å². The maximum Gasteiger partial charge on any atom is 0.227 e. The zero-order valence-electron chi connectivity index (χ0n) is 13.5. The van der Waals surface area contributed by atoms with Gasteiger partial charge in [-0.3, -0.25) is 9.59 Å². The average molecular weight is 315 g/mol. The molecule has 1 aromatic rings. The number of amides is 2. The van der Waals surface area contributed by atoms with Gasteiger partial charge in [0.05, 0.1) is 0 Å². The van der Waals surface area contributed by atoms with Gasteiger partial charge in [-0.25, -0.2) is 0 Å². The molecule has 0 bridgehead atoms. The van der Waals surface area contributed by atoms with Crippen LogP contribution in [0, 0.1) is 5.92 Å². The Kier molecular flexibility index (Phi) is 4.96. The number of hydrogen-bond acceptors (Lipinski definition) is 3. The molecule has 5 heteroatoms. The number of benzene rings is 1. The van der Waals surface area contributed by atoms with Crippen molar-refractivity contribution in [3.05, 3.63) is 29.8 Å². The van der Waals surface area contributed by atoms with E-state index in [4.69, 9.17) is 5.73 Å². The number of carbonyl (C=O) groups excluding carboxylic acids is 2. The van der Waals surface area contributed by atoms with E-state index in [1.165, 1.54) is 0 Å². The smallest absolute Gasteiger partial charge is 0.227 e. The highest BCUT2D eigenvalue weighted by atomic mass is 16.2. The van der Waals surface area contributed by atoms with Crippen LogP contribution < -0.4 is 16.0 Å². The topological polar surface area (TPSA) is 75.4 Å². The van der Waals surface area contributed by atoms with Crippen LogP contribution in [0.4, 0.5) is 5.69 Å². The van der Waals surface area contributed by atoms with Gasteiger partial charge >= 0.3 is 0 Å². The van der Waals surface area contributed by atoms with Gasteiger partial charge in [-0.1, -0.05) is 18.6 Å². The number of hydrogen-bond donors (Lipinski definition) is 2. The monoisotopic (exact) mass is 315 g/mol. The van der Waals surface area contributed by atoms with Crippen molar-refractivity contribution in [1.82, 2.24) is 5.32 Å². The van der Waals surface area contributed by atoms with Crippen LogP contribution in [0.15, 0.2) is 24.3 Å². The van der Waals surface area contributed by atoms with Crippen LogP contribution in [-0.4, -0.2) is 24.4 Å². The van der Waals surface area contributed by atoms with Crippen molar-refractivity contribution >= 4 is 17.5 Å². The molecule has 2 amide bonds. The molecule has 23 heavy (non-hydrogen) atoms. The Morgan fingerprint density at radius 3 is 2.91 bits per heavy atom. The second kappa shape index (κ2) is 7.13. The van der Waals surface area contributed by atoms with Crippen molar-refractivity contribution in [3.63, 3.8) is 0 Å². The fourth-order valence-corrected chi connectivity index (χ4v) is 3.55. The minimum absolute atomic E-state index is 0.0436. The summed E-state index contributed by atoms with van der Waals surface area (Å²) in [4.78, 5) is 25.9. The van der Waals surface area contributed by atoms with Crippen molar-refractivity contribution < 1.29 is 9.59 Å². The lowest BCUT2D eigenvalue weighted by molar-refractivity contribution is -0.126. The third kappa shape index (κ3) is 3.91. The van der Waals surface area contributed by atoms with Gasteiger partial charge in [-0.15, -0.1) is 0 Å². The highest BCUT2D eigenvalue weighted by molar-refractivity contribution is 5.95. The van der Waals surface area contributed by atoms with Crippen LogP contribution >= 0.6 is 0 Å². The molecule has 3 N–H and O–H groups in total. The molecular weight excluding hydrogens is 290 g/mol. The summed E-state index contributed by atoms with van der Waals surface area (Å²) < 4.78 is 0. The molecule has 2 unspecified atom stereocenters. The molecule has 1 saturated carbocycles. The minimum atomic E-state index is 0.0436. The van der Waals surface area contributed by atoms with E-state index in [0.717, 1.165) is 49.9 Å². The molecule has 2 fully saturated rings. The number of nitrogens with two attached hydrogens (primary N) is 1. The van der Waals surface area contributed by atoms with Crippen molar-refractivity contribution in [2.45, 2.75) is 51.1 Å². The number of nitrogens with one attached hydrogen (secondary N) is 1. The molecule has 5 nitrogen and oxygen atoms in total. The van der Waals surface area contributed by atoms with E-state index in [0.29, 0.717) is 13.0 Å². The van der Waals surface area contributed by atoms with E-state index in [-0.39, 0.29) is 23.8 Å². The van der Waals surface area contributed by atoms with E-state index in [1.807, 2.05) is 29.2 Å². The summed E-state index contributed by atoms with van der Waals surface area (Å²) in [6.07, 6.45) is 5.32. The predicted molar refractivity (Wildman–Crippen MR) is 89.8 cm³/mol. The van der Waals surface area contributed by atoms with Gasteiger partial charge in [0.25, 0.3) is 0 Å². The standard InChI is InChI=1S/C18H25N3O2/c19-15-6-2-5-14(11-15)18(23)20-12-13-4-1-7-16(10-13)21-9-3-8-17(21)22/h1,4,7,10,14-15H,2-3,5-6,8-9,11-12,19H2,(H,20,23). The molecule has 0 radical (unpaired) electrons. The van der Waals surface area contributed by atoms with Gasteiger partial charge < -0.3 is 16.0 Å². The quantitative estimate of drug-likeness (QED) is 0.891. The minimum Gasteiger partial charge on any atom is -0.352 e. The number of carbonyl (C=O) groups is 2. The second-order valence-electron chi connectivity index (χ2n) is 6.66. The summed E-state index contributed by atoms with van der Waals surface area (Å²) in [7, 11) is 0. The van der Waals surface area contributed by atoms with Gasteiger partial charge in [0, 0.05) is 37.2 Å². The van der Waals surface area contributed by atoms with Crippen molar-refractivity contribution in [1.29, 1.82) is 0 Å². The zero-order valence-corrected chi connectivity index (χ0v) is 13.5. The SMILES string of the molecule is NC1CCCC(C(=O)NCc2cccc(N3CCCC3=O)c2)C1. The third-order valence-corrected chi connectivity index (χ3v) is 4.85. The fraction of sp³-hybridized carbons (Fsp3) is 0.556. The summed E-state index contributed by atoms with van der Waals surface area (Å²) in [5.41, 5.74) is 7.91. The Bertz CT molecular complexity index is 587. The molecule has 1 aliphatic heterocycles. The van der Waals surface area contributed by atoms with E-state index in [2.05, 4.69) is 5.32 Å². The molecule has 0 spiro atoms. The summed E-state index contributed by atoms with van der Waals surface area (Å²) in [5, 5.41) is 3.02. The Balaban J connectivity index is 1.58. The highest BCUT2D eigenvalue weighted by Crippen LogP contribution is 2.24. The van der Waals surface area contributed by atoms with Crippen molar-refractivity contribution in [3.8, 4) is 0 Å². The average Bonchev–Trinajstić information content (AvgIpc) is 2.99. The number of nitrogens with zero attached hydrogens (tertiary/aromatic N) is 1. The Morgan fingerprint density at radius 2 is 2.17 bits per heavy atom. The zero-order chi connectivity index (χ0) is 16.2. The summed E-state index contributed by atoms with van der Waals surface area (Å²) in [6.45, 7) is 1.29. The van der Waals surface area contributed by atoms with E-state index < -0.39 is 0 Å². The summed E-state index contributed by atoms with van der Waals surface area (Å²) in [5.74, 6) is 0.326. The third-order valence-electron chi connectivity index (χ3n) is 4.85. The maximum atomic E-state index is 12.3. The van der Waals surface area contributed by atoms with Crippen molar-refractivity contribution in [2.75, 3.05) is 11.4 Å². The first-order chi connectivity index (χ1) is 11.1. The van der Waals surface area contributed by atoms with Gasteiger partial charge in [0.1, 0.15) is 0 Å². The molecule has 0 aromatic heterocycles. The van der Waals surface area contributed by atoms with Crippen molar-refractivity contribution in [2.24, 2.45) is 11.7 Å². The summed E-state index contributed by atoms with van der Waals surface area (Å²) in [6, 6.07) is 8.03. The number of anilines is 1. The normalized spacial score (nSPS) is 24.7. The first kappa shape index (κ1) is 16.0. The van der Waals surface area contributed by atoms with E-state index in [1.54, 1.807) is 0 Å². The lowest BCUT2D eigenvalue weighted by Gasteiger charge is -2.25. The van der Waals surface area contributed by atoms with Crippen LogP contribution in [0.5, 0.6) is 0 Å². The van der Waals surface area contributed by atoms with Gasteiger partial charge in [-0.05, 0) is 43.4 Å². The molecule has 124 valence electrons. The summed E-state index contributed by atoms with van der Waals surface area (Å²) >= 11 is 0. The van der Waals surface area contributed by atoms with E-state index in [9.17, 15) is 9.59 Å². The van der Waals surface area contributed by atoms with Gasteiger partial charge in [0.15, 0.2) is 0 Å².